The summed E-state index contributed by atoms with van der Waals surface area (Å²) in [6, 6.07) is 6.73. The molecule has 0 aromatic heterocycles. The molecule has 0 aliphatic rings. The molecule has 1 amide bonds. The van der Waals surface area contributed by atoms with E-state index in [1.54, 1.807) is 24.3 Å². The number of carbonyl (C=O) groups excluding carboxylic acids is 1. The van der Waals surface area contributed by atoms with E-state index in [-0.39, 0.29) is 0 Å². The maximum atomic E-state index is 11.1. The molecule has 0 fully saturated rings. The van der Waals surface area contributed by atoms with Gasteiger partial charge in [-0.2, -0.15) is 0 Å². The van der Waals surface area contributed by atoms with Crippen LogP contribution in [0.3, 0.4) is 0 Å². The van der Waals surface area contributed by atoms with Gasteiger partial charge in [0.1, 0.15) is 12.2 Å². The van der Waals surface area contributed by atoms with Gasteiger partial charge < -0.3 is 15.2 Å². The fraction of sp³-hybridized carbons (Fsp3) is 0.273. The lowest BCUT2D eigenvalue weighted by Gasteiger charge is -2.05. The van der Waals surface area contributed by atoms with Crippen molar-refractivity contribution in [2.45, 2.75) is 13.3 Å². The van der Waals surface area contributed by atoms with Gasteiger partial charge in [-0.15, -0.1) is 0 Å². The Kier molecular flexibility index (Phi) is 4.32. The van der Waals surface area contributed by atoms with E-state index in [2.05, 4.69) is 5.32 Å². The van der Waals surface area contributed by atoms with Gasteiger partial charge in [-0.05, 0) is 31.2 Å². The molecular formula is C11H13NO4. The number of nitrogens with one attached hydrogen (secondary N) is 1. The average Bonchev–Trinajstić information content (AvgIpc) is 2.20. The van der Waals surface area contributed by atoms with Crippen molar-refractivity contribution in [3.8, 4) is 5.75 Å². The molecule has 5 nitrogen and oxygen atoms in total. The predicted octanol–water partition coefficient (Wildman–Crippen LogP) is 1.50. The molecule has 5 heteroatoms. The summed E-state index contributed by atoms with van der Waals surface area (Å²) in [7, 11) is 0. The SMILES string of the molecule is CCOc1ccc(NC(=O)CC(=O)O)cc1. The fourth-order valence-electron chi connectivity index (χ4n) is 1.14. The molecule has 0 heterocycles. The molecular weight excluding hydrogens is 210 g/mol. The first kappa shape index (κ1) is 12.0. The Morgan fingerprint density at radius 2 is 1.94 bits per heavy atom. The summed E-state index contributed by atoms with van der Waals surface area (Å²) in [5, 5.41) is 10.9. The van der Waals surface area contributed by atoms with Crippen molar-refractivity contribution in [2.24, 2.45) is 0 Å². The van der Waals surface area contributed by atoms with Crippen LogP contribution in [0.1, 0.15) is 13.3 Å². The third-order valence-electron chi connectivity index (χ3n) is 1.76. The van der Waals surface area contributed by atoms with Crippen LogP contribution >= 0.6 is 0 Å². The zero-order valence-corrected chi connectivity index (χ0v) is 8.90. The number of ether oxygens (including phenoxy) is 1. The number of anilines is 1. The number of amides is 1. The fourth-order valence-corrected chi connectivity index (χ4v) is 1.14. The van der Waals surface area contributed by atoms with Crippen LogP contribution in [0.4, 0.5) is 5.69 Å². The highest BCUT2D eigenvalue weighted by molar-refractivity contribution is 6.01. The molecule has 1 rings (SSSR count). The van der Waals surface area contributed by atoms with E-state index in [0.29, 0.717) is 18.0 Å². The van der Waals surface area contributed by atoms with Crippen molar-refractivity contribution in [3.05, 3.63) is 24.3 Å². The number of carboxylic acids is 1. The summed E-state index contributed by atoms with van der Waals surface area (Å²) >= 11 is 0. The van der Waals surface area contributed by atoms with Crippen LogP contribution in [0, 0.1) is 0 Å². The molecule has 1 aromatic rings. The van der Waals surface area contributed by atoms with Crippen LogP contribution in [-0.2, 0) is 9.59 Å². The molecule has 2 N–H and O–H groups in total. The second kappa shape index (κ2) is 5.75. The third-order valence-corrected chi connectivity index (χ3v) is 1.76. The molecule has 0 aliphatic carbocycles. The van der Waals surface area contributed by atoms with Gasteiger partial charge in [0.25, 0.3) is 0 Å². The van der Waals surface area contributed by atoms with E-state index in [4.69, 9.17) is 9.84 Å². The van der Waals surface area contributed by atoms with Crippen LogP contribution in [0.25, 0.3) is 0 Å². The number of hydrogen-bond donors (Lipinski definition) is 2. The van der Waals surface area contributed by atoms with E-state index in [1.807, 2.05) is 6.92 Å². The second-order valence-electron chi connectivity index (χ2n) is 3.08. The number of carbonyl (C=O) groups is 2. The molecule has 0 bridgehead atoms. The molecule has 0 radical (unpaired) electrons. The van der Waals surface area contributed by atoms with Crippen molar-refractivity contribution < 1.29 is 19.4 Å². The number of aliphatic carboxylic acids is 1. The number of benzene rings is 1. The Balaban J connectivity index is 2.54. The van der Waals surface area contributed by atoms with Gasteiger partial charge in [0, 0.05) is 5.69 Å². The van der Waals surface area contributed by atoms with E-state index < -0.39 is 18.3 Å². The smallest absolute Gasteiger partial charge is 0.312 e. The molecule has 16 heavy (non-hydrogen) atoms. The van der Waals surface area contributed by atoms with Gasteiger partial charge >= 0.3 is 5.97 Å². The first-order valence-electron chi connectivity index (χ1n) is 4.86. The Bertz CT molecular complexity index is 372. The van der Waals surface area contributed by atoms with Crippen LogP contribution in [-0.4, -0.2) is 23.6 Å². The Morgan fingerprint density at radius 1 is 1.31 bits per heavy atom. The van der Waals surface area contributed by atoms with Gasteiger partial charge in [0.15, 0.2) is 0 Å². The van der Waals surface area contributed by atoms with Gasteiger partial charge in [-0.1, -0.05) is 0 Å². The lowest BCUT2D eigenvalue weighted by atomic mass is 10.3. The van der Waals surface area contributed by atoms with Crippen molar-refractivity contribution in [3.63, 3.8) is 0 Å². The Morgan fingerprint density at radius 3 is 2.44 bits per heavy atom. The molecule has 0 saturated carbocycles. The summed E-state index contributed by atoms with van der Waals surface area (Å²) in [6.07, 6.45) is -0.535. The van der Waals surface area contributed by atoms with E-state index in [0.717, 1.165) is 0 Å². The molecule has 0 atom stereocenters. The van der Waals surface area contributed by atoms with Crippen LogP contribution < -0.4 is 10.1 Å². The summed E-state index contributed by atoms with van der Waals surface area (Å²) in [5.74, 6) is -0.987. The number of hydrogen-bond acceptors (Lipinski definition) is 3. The molecule has 0 unspecified atom stereocenters. The van der Waals surface area contributed by atoms with Crippen molar-refractivity contribution in [1.29, 1.82) is 0 Å². The van der Waals surface area contributed by atoms with Gasteiger partial charge in [0.2, 0.25) is 5.91 Å². The predicted molar refractivity (Wildman–Crippen MR) is 58.5 cm³/mol. The van der Waals surface area contributed by atoms with E-state index in [1.165, 1.54) is 0 Å². The minimum Gasteiger partial charge on any atom is -0.494 e. The summed E-state index contributed by atoms with van der Waals surface area (Å²) in [6.45, 7) is 2.45. The summed E-state index contributed by atoms with van der Waals surface area (Å²) < 4.78 is 5.22. The minimum atomic E-state index is -1.15. The standard InChI is InChI=1S/C11H13NO4/c1-2-16-9-5-3-8(4-6-9)12-10(13)7-11(14)15/h3-6H,2,7H2,1H3,(H,12,13)(H,14,15). The molecule has 0 saturated heterocycles. The van der Waals surface area contributed by atoms with Gasteiger partial charge in [0.05, 0.1) is 6.61 Å². The first-order valence-corrected chi connectivity index (χ1v) is 4.86. The molecule has 0 spiro atoms. The quantitative estimate of drug-likeness (QED) is 0.742. The molecule has 1 aromatic carbocycles. The minimum absolute atomic E-state index is 0.535. The zero-order valence-electron chi connectivity index (χ0n) is 8.90. The normalized spacial score (nSPS) is 9.56. The van der Waals surface area contributed by atoms with Crippen molar-refractivity contribution >= 4 is 17.6 Å². The van der Waals surface area contributed by atoms with Gasteiger partial charge in [-0.3, -0.25) is 9.59 Å². The van der Waals surface area contributed by atoms with Crippen LogP contribution in [0.5, 0.6) is 5.75 Å². The van der Waals surface area contributed by atoms with Crippen LogP contribution in [0.2, 0.25) is 0 Å². The second-order valence-corrected chi connectivity index (χ2v) is 3.08. The Labute approximate surface area is 93.0 Å². The van der Waals surface area contributed by atoms with Crippen LogP contribution in [0.15, 0.2) is 24.3 Å². The topological polar surface area (TPSA) is 75.6 Å². The van der Waals surface area contributed by atoms with E-state index >= 15 is 0 Å². The lowest BCUT2D eigenvalue weighted by molar-refractivity contribution is -0.139. The Hall–Kier alpha value is -2.04. The molecule has 86 valence electrons. The van der Waals surface area contributed by atoms with E-state index in [9.17, 15) is 9.59 Å². The summed E-state index contributed by atoms with van der Waals surface area (Å²) in [4.78, 5) is 21.4. The maximum absolute atomic E-state index is 11.1. The first-order chi connectivity index (χ1) is 7.61. The lowest BCUT2D eigenvalue weighted by Crippen LogP contribution is -2.15. The highest BCUT2D eigenvalue weighted by Gasteiger charge is 2.07. The number of rotatable bonds is 5. The summed E-state index contributed by atoms with van der Waals surface area (Å²) in [5.41, 5.74) is 0.551. The highest BCUT2D eigenvalue weighted by atomic mass is 16.5. The zero-order chi connectivity index (χ0) is 12.0. The largest absolute Gasteiger partial charge is 0.494 e. The monoisotopic (exact) mass is 223 g/mol. The molecule has 0 aliphatic heterocycles. The number of carboxylic acid groups (broad SMARTS) is 1. The average molecular weight is 223 g/mol. The highest BCUT2D eigenvalue weighted by Crippen LogP contribution is 2.15. The van der Waals surface area contributed by atoms with Crippen molar-refractivity contribution in [1.82, 2.24) is 0 Å². The van der Waals surface area contributed by atoms with Crippen molar-refractivity contribution in [2.75, 3.05) is 11.9 Å². The van der Waals surface area contributed by atoms with Gasteiger partial charge in [-0.25, -0.2) is 0 Å². The third kappa shape index (κ3) is 4.00. The maximum Gasteiger partial charge on any atom is 0.312 e.